The van der Waals surface area contributed by atoms with E-state index in [1.807, 2.05) is 45.3 Å². The summed E-state index contributed by atoms with van der Waals surface area (Å²) in [4.78, 5) is 5.60. The van der Waals surface area contributed by atoms with Crippen molar-refractivity contribution < 1.29 is 0 Å². The molecule has 0 atom stereocenters. The van der Waals surface area contributed by atoms with E-state index in [0.717, 1.165) is 0 Å². The van der Waals surface area contributed by atoms with Crippen molar-refractivity contribution >= 4 is 65.5 Å². The molecular formula is C24H14S4. The second kappa shape index (κ2) is 6.68. The largest absolute Gasteiger partial charge is 0.142 e. The number of hydrogen-bond donors (Lipinski definition) is 0. The number of rotatable bonds is 3. The van der Waals surface area contributed by atoms with Crippen molar-refractivity contribution in [1.82, 2.24) is 0 Å². The molecule has 2 aromatic carbocycles. The summed E-state index contributed by atoms with van der Waals surface area (Å²) in [5, 5.41) is 7.22. The fraction of sp³-hybridized carbons (Fsp3) is 0. The molecule has 4 heterocycles. The summed E-state index contributed by atoms with van der Waals surface area (Å²) in [5.74, 6) is 0. The fourth-order valence-electron chi connectivity index (χ4n) is 3.64. The zero-order chi connectivity index (χ0) is 18.5. The Balaban J connectivity index is 1.62. The predicted octanol–water partition coefficient (Wildman–Crippen LogP) is 9.24. The van der Waals surface area contributed by atoms with Crippen LogP contribution in [0.4, 0.5) is 0 Å². The lowest BCUT2D eigenvalue weighted by Gasteiger charge is -1.97. The van der Waals surface area contributed by atoms with E-state index in [2.05, 4.69) is 83.6 Å². The van der Waals surface area contributed by atoms with E-state index in [4.69, 9.17) is 0 Å². The topological polar surface area (TPSA) is 0 Å². The number of benzene rings is 2. The summed E-state index contributed by atoms with van der Waals surface area (Å²) in [6, 6.07) is 26.1. The summed E-state index contributed by atoms with van der Waals surface area (Å²) in [6.07, 6.45) is 0. The van der Waals surface area contributed by atoms with Gasteiger partial charge >= 0.3 is 0 Å². The maximum absolute atomic E-state index is 2.28. The van der Waals surface area contributed by atoms with Crippen molar-refractivity contribution in [2.24, 2.45) is 0 Å². The summed E-state index contributed by atoms with van der Waals surface area (Å²) >= 11 is 7.60. The van der Waals surface area contributed by atoms with Crippen LogP contribution in [0.15, 0.2) is 83.6 Å². The molecule has 0 bridgehead atoms. The normalized spacial score (nSPS) is 11.6. The molecule has 0 N–H and O–H groups in total. The lowest BCUT2D eigenvalue weighted by atomic mass is 10.1. The third kappa shape index (κ3) is 2.53. The van der Waals surface area contributed by atoms with Gasteiger partial charge in [-0.2, -0.15) is 0 Å². The third-order valence-electron chi connectivity index (χ3n) is 4.92. The van der Waals surface area contributed by atoms with Crippen LogP contribution in [0.25, 0.3) is 50.8 Å². The lowest BCUT2D eigenvalue weighted by molar-refractivity contribution is 1.71. The first-order valence-electron chi connectivity index (χ1n) is 9.01. The predicted molar refractivity (Wildman–Crippen MR) is 129 cm³/mol. The van der Waals surface area contributed by atoms with E-state index in [1.165, 1.54) is 50.8 Å². The van der Waals surface area contributed by atoms with Crippen LogP contribution >= 0.6 is 45.3 Å². The first-order valence-corrected chi connectivity index (χ1v) is 12.4. The Kier molecular flexibility index (Phi) is 3.98. The number of hydrogen-bond acceptors (Lipinski definition) is 4. The van der Waals surface area contributed by atoms with E-state index in [1.54, 1.807) is 0 Å². The van der Waals surface area contributed by atoms with E-state index < -0.39 is 0 Å². The van der Waals surface area contributed by atoms with E-state index in [0.29, 0.717) is 0 Å². The van der Waals surface area contributed by atoms with Gasteiger partial charge in [0.15, 0.2) is 0 Å². The third-order valence-corrected chi connectivity index (χ3v) is 9.71. The molecule has 0 nitrogen and oxygen atoms in total. The van der Waals surface area contributed by atoms with Crippen molar-refractivity contribution in [3.8, 4) is 30.6 Å². The van der Waals surface area contributed by atoms with E-state index >= 15 is 0 Å². The zero-order valence-electron chi connectivity index (χ0n) is 14.7. The van der Waals surface area contributed by atoms with Crippen LogP contribution in [0, 0.1) is 0 Å². The summed E-state index contributed by atoms with van der Waals surface area (Å²) in [7, 11) is 0. The molecule has 6 rings (SSSR count). The molecular weight excluding hydrogens is 417 g/mol. The minimum atomic E-state index is 1.31. The maximum Gasteiger partial charge on any atom is 0.0642 e. The van der Waals surface area contributed by atoms with Crippen LogP contribution in [0.1, 0.15) is 0 Å². The van der Waals surface area contributed by atoms with Gasteiger partial charge in [-0.15, -0.1) is 45.3 Å². The van der Waals surface area contributed by atoms with E-state index in [-0.39, 0.29) is 0 Å². The molecule has 6 aromatic rings. The van der Waals surface area contributed by atoms with Crippen LogP contribution < -0.4 is 0 Å². The molecule has 28 heavy (non-hydrogen) atoms. The molecule has 0 spiro atoms. The number of fused-ring (bicyclic) bond motifs is 2. The average Bonchev–Trinajstić information content (AvgIpc) is 3.51. The Morgan fingerprint density at radius 2 is 0.857 bits per heavy atom. The Morgan fingerprint density at radius 3 is 1.29 bits per heavy atom. The Hall–Kier alpha value is -2.24. The Bertz CT molecular complexity index is 1280. The van der Waals surface area contributed by atoms with Crippen molar-refractivity contribution in [1.29, 1.82) is 0 Å². The SMILES string of the molecule is c1ccc(-c2sc(-c3sc(-c4ccccc4)c4ccsc34)c3sccc23)cc1. The van der Waals surface area contributed by atoms with Crippen LogP contribution in [-0.4, -0.2) is 0 Å². The average molecular weight is 431 g/mol. The lowest BCUT2D eigenvalue weighted by Crippen LogP contribution is -1.69. The summed E-state index contributed by atoms with van der Waals surface area (Å²) < 4.78 is 2.83. The van der Waals surface area contributed by atoms with Gasteiger partial charge in [0.2, 0.25) is 0 Å². The highest BCUT2D eigenvalue weighted by molar-refractivity contribution is 7.34. The molecule has 0 unspecified atom stereocenters. The van der Waals surface area contributed by atoms with Crippen LogP contribution in [0.3, 0.4) is 0 Å². The Labute approximate surface area is 179 Å². The second-order valence-electron chi connectivity index (χ2n) is 6.58. The molecule has 0 radical (unpaired) electrons. The van der Waals surface area contributed by atoms with Crippen LogP contribution in [-0.2, 0) is 0 Å². The van der Waals surface area contributed by atoms with E-state index in [9.17, 15) is 0 Å². The second-order valence-corrected chi connectivity index (χ2v) is 10.5. The molecule has 0 amide bonds. The van der Waals surface area contributed by atoms with Gasteiger partial charge in [0, 0.05) is 20.5 Å². The summed E-state index contributed by atoms with van der Waals surface area (Å²) in [5.41, 5.74) is 2.62. The van der Waals surface area contributed by atoms with Gasteiger partial charge in [0.25, 0.3) is 0 Å². The van der Waals surface area contributed by atoms with Gasteiger partial charge in [0.05, 0.1) is 19.2 Å². The molecule has 0 fully saturated rings. The molecule has 0 saturated carbocycles. The van der Waals surface area contributed by atoms with Crippen LogP contribution in [0.2, 0.25) is 0 Å². The molecule has 0 aliphatic carbocycles. The minimum absolute atomic E-state index is 1.31. The molecule has 0 saturated heterocycles. The highest BCUT2D eigenvalue weighted by Gasteiger charge is 2.21. The van der Waals surface area contributed by atoms with Crippen molar-refractivity contribution in [3.05, 3.63) is 83.6 Å². The van der Waals surface area contributed by atoms with Gasteiger partial charge in [-0.25, -0.2) is 0 Å². The highest BCUT2D eigenvalue weighted by Crippen LogP contribution is 2.53. The molecule has 0 aliphatic heterocycles. The Morgan fingerprint density at radius 1 is 0.429 bits per heavy atom. The van der Waals surface area contributed by atoms with Crippen molar-refractivity contribution in [2.75, 3.05) is 0 Å². The first kappa shape index (κ1) is 16.7. The molecule has 0 aliphatic rings. The van der Waals surface area contributed by atoms with Crippen molar-refractivity contribution in [2.45, 2.75) is 0 Å². The van der Waals surface area contributed by atoms with Crippen molar-refractivity contribution in [3.63, 3.8) is 0 Å². The maximum atomic E-state index is 2.28. The van der Waals surface area contributed by atoms with Gasteiger partial charge < -0.3 is 0 Å². The zero-order valence-corrected chi connectivity index (χ0v) is 18.0. The van der Waals surface area contributed by atoms with Gasteiger partial charge in [-0.3, -0.25) is 0 Å². The smallest absolute Gasteiger partial charge is 0.0642 e. The standard InChI is InChI=1S/C24H14S4/c1-3-7-15(8-4-1)19-17-11-13-25-21(17)23(27-19)24-22-18(12-14-26-22)20(28-24)16-9-5-2-6-10-16/h1-14H. The van der Waals surface area contributed by atoms with Gasteiger partial charge in [-0.05, 0) is 34.0 Å². The quantitative estimate of drug-likeness (QED) is 0.262. The number of thiophene rings is 4. The molecule has 134 valence electrons. The first-order chi connectivity index (χ1) is 13.9. The monoisotopic (exact) mass is 430 g/mol. The van der Waals surface area contributed by atoms with Crippen LogP contribution in [0.5, 0.6) is 0 Å². The summed E-state index contributed by atoms with van der Waals surface area (Å²) in [6.45, 7) is 0. The molecule has 4 aromatic heterocycles. The van der Waals surface area contributed by atoms with Gasteiger partial charge in [-0.1, -0.05) is 60.7 Å². The fourth-order valence-corrected chi connectivity index (χ4v) is 8.65. The van der Waals surface area contributed by atoms with Gasteiger partial charge in [0.1, 0.15) is 0 Å². The minimum Gasteiger partial charge on any atom is -0.142 e. The highest BCUT2D eigenvalue weighted by atomic mass is 32.1. The molecule has 4 heteroatoms.